The van der Waals surface area contributed by atoms with Crippen molar-refractivity contribution in [2.45, 2.75) is 12.2 Å². The van der Waals surface area contributed by atoms with Crippen molar-refractivity contribution in [2.24, 2.45) is 17.6 Å². The predicted molar refractivity (Wildman–Crippen MR) is 51.9 cm³/mol. The Hall–Kier alpha value is -0.650. The monoisotopic (exact) mass is 212 g/mol. The third kappa shape index (κ3) is 1.30. The molecule has 4 heterocycles. The second-order valence-corrected chi connectivity index (χ2v) is 4.65. The van der Waals surface area contributed by atoms with Crippen LogP contribution in [0, 0.1) is 11.8 Å². The van der Waals surface area contributed by atoms with Gasteiger partial charge in [-0.05, 0) is 13.0 Å². The molecule has 1 spiro atoms. The van der Waals surface area contributed by atoms with Crippen molar-refractivity contribution in [3.63, 3.8) is 0 Å². The van der Waals surface area contributed by atoms with Crippen LogP contribution in [0.15, 0.2) is 0 Å². The minimum Gasteiger partial charge on any atom is -0.369 e. The molecule has 3 atom stereocenters. The van der Waals surface area contributed by atoms with Crippen LogP contribution in [0.5, 0.6) is 0 Å². The normalized spacial score (nSPS) is 42.3. The highest BCUT2D eigenvalue weighted by atomic mass is 16.7. The van der Waals surface area contributed by atoms with Crippen LogP contribution in [-0.2, 0) is 14.3 Å². The fourth-order valence-corrected chi connectivity index (χ4v) is 3.18. The molecule has 3 unspecified atom stereocenters. The zero-order chi connectivity index (χ0) is 10.5. The fourth-order valence-electron chi connectivity index (χ4n) is 3.18. The van der Waals surface area contributed by atoms with Crippen molar-refractivity contribution in [3.8, 4) is 0 Å². The SMILES string of the molecule is NC(=O)C1CN2CCC1C1(C2)OCCO1. The first kappa shape index (κ1) is 9.57. The second-order valence-electron chi connectivity index (χ2n) is 4.65. The first-order valence-corrected chi connectivity index (χ1v) is 5.51. The van der Waals surface area contributed by atoms with E-state index in [9.17, 15) is 4.79 Å². The topological polar surface area (TPSA) is 64.8 Å². The number of carbonyl (C=O) groups is 1. The highest BCUT2D eigenvalue weighted by Gasteiger charge is 2.56. The Morgan fingerprint density at radius 3 is 2.73 bits per heavy atom. The number of amides is 1. The number of hydrogen-bond acceptors (Lipinski definition) is 4. The number of primary amides is 1. The third-order valence-electron chi connectivity index (χ3n) is 3.85. The van der Waals surface area contributed by atoms with Crippen LogP contribution in [-0.4, -0.2) is 49.4 Å². The lowest BCUT2D eigenvalue weighted by molar-refractivity contribution is -0.256. The maximum atomic E-state index is 11.4. The number of carbonyl (C=O) groups excluding carboxylic acids is 1. The van der Waals surface area contributed by atoms with Crippen molar-refractivity contribution < 1.29 is 14.3 Å². The van der Waals surface area contributed by atoms with E-state index in [0.717, 1.165) is 26.1 Å². The maximum absolute atomic E-state index is 11.4. The minimum atomic E-state index is -0.532. The van der Waals surface area contributed by atoms with Gasteiger partial charge >= 0.3 is 0 Å². The standard InChI is InChI=1S/C10H16N2O3/c11-9(13)7-5-12-2-1-8(7)10(6-12)14-3-4-15-10/h7-8H,1-6H2,(H2,11,13). The average molecular weight is 212 g/mol. The van der Waals surface area contributed by atoms with E-state index in [-0.39, 0.29) is 17.7 Å². The number of nitrogens with zero attached hydrogens (tertiary/aromatic N) is 1. The molecule has 0 saturated carbocycles. The molecule has 4 aliphatic rings. The zero-order valence-corrected chi connectivity index (χ0v) is 8.65. The van der Waals surface area contributed by atoms with Gasteiger partial charge in [0.2, 0.25) is 5.91 Å². The molecule has 4 rings (SSSR count). The molecular weight excluding hydrogens is 196 g/mol. The van der Waals surface area contributed by atoms with E-state index in [1.165, 1.54) is 0 Å². The molecule has 1 amide bonds. The van der Waals surface area contributed by atoms with Gasteiger partial charge in [0.05, 0.1) is 25.7 Å². The smallest absolute Gasteiger partial charge is 0.222 e. The Labute approximate surface area is 88.5 Å². The molecule has 2 N–H and O–H groups in total. The van der Waals surface area contributed by atoms with Crippen LogP contribution in [0.25, 0.3) is 0 Å². The van der Waals surface area contributed by atoms with Crippen LogP contribution in [0.3, 0.4) is 0 Å². The maximum Gasteiger partial charge on any atom is 0.222 e. The van der Waals surface area contributed by atoms with Crippen molar-refractivity contribution >= 4 is 5.91 Å². The Morgan fingerprint density at radius 2 is 2.13 bits per heavy atom. The van der Waals surface area contributed by atoms with Crippen molar-refractivity contribution in [1.82, 2.24) is 4.90 Å². The van der Waals surface area contributed by atoms with E-state index in [4.69, 9.17) is 15.2 Å². The van der Waals surface area contributed by atoms with Gasteiger partial charge in [0.1, 0.15) is 0 Å². The molecule has 5 heteroatoms. The molecule has 2 bridgehead atoms. The van der Waals surface area contributed by atoms with Gasteiger partial charge in [-0.25, -0.2) is 0 Å². The molecule has 0 aromatic carbocycles. The predicted octanol–water partition coefficient (Wildman–Crippen LogP) is -0.833. The lowest BCUT2D eigenvalue weighted by atomic mass is 9.74. The number of nitrogens with two attached hydrogens (primary N) is 1. The molecular formula is C10H16N2O3. The summed E-state index contributed by atoms with van der Waals surface area (Å²) in [5, 5.41) is 0. The second kappa shape index (κ2) is 3.17. The minimum absolute atomic E-state index is 0.106. The quantitative estimate of drug-likeness (QED) is 0.616. The van der Waals surface area contributed by atoms with E-state index in [0.29, 0.717) is 13.2 Å². The molecule has 4 aliphatic heterocycles. The van der Waals surface area contributed by atoms with Crippen molar-refractivity contribution in [1.29, 1.82) is 0 Å². The van der Waals surface area contributed by atoms with E-state index in [1.54, 1.807) is 0 Å². The third-order valence-corrected chi connectivity index (χ3v) is 3.85. The Morgan fingerprint density at radius 1 is 1.40 bits per heavy atom. The summed E-state index contributed by atoms with van der Waals surface area (Å²) in [6.07, 6.45) is 0.952. The van der Waals surface area contributed by atoms with Crippen LogP contribution in [0.1, 0.15) is 6.42 Å². The molecule has 5 nitrogen and oxygen atoms in total. The summed E-state index contributed by atoms with van der Waals surface area (Å²) >= 11 is 0. The van der Waals surface area contributed by atoms with Gasteiger partial charge in [-0.3, -0.25) is 9.69 Å². The lowest BCUT2D eigenvalue weighted by Gasteiger charge is -2.52. The van der Waals surface area contributed by atoms with Crippen LogP contribution in [0.2, 0.25) is 0 Å². The molecule has 4 fully saturated rings. The van der Waals surface area contributed by atoms with E-state index < -0.39 is 5.79 Å². The molecule has 0 aliphatic carbocycles. The molecule has 0 aromatic heterocycles. The summed E-state index contributed by atoms with van der Waals surface area (Å²) in [5.41, 5.74) is 5.43. The fraction of sp³-hybridized carbons (Fsp3) is 0.900. The summed E-state index contributed by atoms with van der Waals surface area (Å²) in [5.74, 6) is -0.702. The van der Waals surface area contributed by atoms with Crippen LogP contribution in [0.4, 0.5) is 0 Å². The Balaban J connectivity index is 1.90. The molecule has 15 heavy (non-hydrogen) atoms. The largest absolute Gasteiger partial charge is 0.369 e. The first-order chi connectivity index (χ1) is 7.21. The van der Waals surface area contributed by atoms with E-state index in [2.05, 4.69) is 4.90 Å². The van der Waals surface area contributed by atoms with Gasteiger partial charge in [-0.1, -0.05) is 0 Å². The summed E-state index contributed by atoms with van der Waals surface area (Å²) in [4.78, 5) is 13.6. The van der Waals surface area contributed by atoms with Gasteiger partial charge < -0.3 is 15.2 Å². The first-order valence-electron chi connectivity index (χ1n) is 5.51. The summed E-state index contributed by atoms with van der Waals surface area (Å²) < 4.78 is 11.4. The summed E-state index contributed by atoms with van der Waals surface area (Å²) in [6.45, 7) is 3.87. The number of hydrogen-bond donors (Lipinski definition) is 1. The van der Waals surface area contributed by atoms with E-state index >= 15 is 0 Å². The van der Waals surface area contributed by atoms with Gasteiger partial charge in [0.15, 0.2) is 5.79 Å². The molecule has 84 valence electrons. The number of rotatable bonds is 1. The lowest BCUT2D eigenvalue weighted by Crippen LogP contribution is -2.65. The van der Waals surface area contributed by atoms with Gasteiger partial charge in [-0.15, -0.1) is 0 Å². The Kier molecular flexibility index (Phi) is 2.02. The summed E-state index contributed by atoms with van der Waals surface area (Å²) in [6, 6.07) is 0. The molecule has 0 radical (unpaired) electrons. The van der Waals surface area contributed by atoms with Crippen molar-refractivity contribution in [2.75, 3.05) is 32.8 Å². The number of ether oxygens (including phenoxy) is 2. The average Bonchev–Trinajstić information content (AvgIpc) is 2.67. The van der Waals surface area contributed by atoms with Gasteiger partial charge in [0.25, 0.3) is 0 Å². The van der Waals surface area contributed by atoms with E-state index in [1.807, 2.05) is 0 Å². The summed E-state index contributed by atoms with van der Waals surface area (Å²) in [7, 11) is 0. The Bertz CT molecular complexity index is 288. The van der Waals surface area contributed by atoms with Crippen LogP contribution < -0.4 is 5.73 Å². The highest BCUT2D eigenvalue weighted by molar-refractivity contribution is 5.77. The number of fused-ring (bicyclic) bond motifs is 2. The van der Waals surface area contributed by atoms with Crippen LogP contribution >= 0.6 is 0 Å². The molecule has 0 aromatic rings. The highest BCUT2D eigenvalue weighted by Crippen LogP contribution is 2.44. The zero-order valence-electron chi connectivity index (χ0n) is 8.65. The van der Waals surface area contributed by atoms with Crippen molar-refractivity contribution in [3.05, 3.63) is 0 Å². The molecule has 4 saturated heterocycles. The van der Waals surface area contributed by atoms with Gasteiger partial charge in [-0.2, -0.15) is 0 Å². The number of piperidine rings is 3. The van der Waals surface area contributed by atoms with Gasteiger partial charge in [0, 0.05) is 12.5 Å².